The molecular formula is C24H23NO4. The number of benzene rings is 2. The zero-order valence-electron chi connectivity index (χ0n) is 16.8. The molecule has 0 radical (unpaired) electrons. The topological polar surface area (TPSA) is 55.8 Å². The van der Waals surface area contributed by atoms with Crippen LogP contribution in [0.1, 0.15) is 18.1 Å². The Morgan fingerprint density at radius 1 is 1.14 bits per heavy atom. The van der Waals surface area contributed by atoms with E-state index < -0.39 is 5.97 Å². The maximum atomic E-state index is 13.3. The predicted molar refractivity (Wildman–Crippen MR) is 113 cm³/mol. The normalized spacial score (nSPS) is 15.1. The summed E-state index contributed by atoms with van der Waals surface area (Å²) in [4.78, 5) is 27.3. The van der Waals surface area contributed by atoms with Gasteiger partial charge >= 0.3 is 5.97 Å². The molecule has 0 spiro atoms. The number of methoxy groups -OCH3 is 1. The van der Waals surface area contributed by atoms with Crippen LogP contribution in [-0.4, -0.2) is 25.6 Å². The number of ether oxygens (including phenoxy) is 2. The molecule has 0 aliphatic carbocycles. The maximum Gasteiger partial charge on any atom is 0.340 e. The van der Waals surface area contributed by atoms with Gasteiger partial charge in [0.05, 0.1) is 18.3 Å². The van der Waals surface area contributed by atoms with Crippen LogP contribution in [0.25, 0.3) is 6.08 Å². The standard InChI is InChI=1S/C24H23NO4/c1-5-12-29-20-11-7-9-18(14-20)15-21-22(24(27)28-4)17(3)25(23(21)26)19-10-6-8-16(2)13-19/h5-11,13-15H,1,12H2,2-4H3/b21-15-. The minimum atomic E-state index is -0.545. The largest absolute Gasteiger partial charge is 0.490 e. The van der Waals surface area contributed by atoms with E-state index in [4.69, 9.17) is 9.47 Å². The van der Waals surface area contributed by atoms with Crippen molar-refractivity contribution in [2.45, 2.75) is 13.8 Å². The number of carbonyl (C=O) groups is 2. The third kappa shape index (κ3) is 4.14. The Labute approximate surface area is 170 Å². The van der Waals surface area contributed by atoms with Gasteiger partial charge in [-0.05, 0) is 55.3 Å². The number of hydrogen-bond acceptors (Lipinski definition) is 4. The summed E-state index contributed by atoms with van der Waals surface area (Å²) in [6.45, 7) is 7.72. The number of rotatable bonds is 6. The van der Waals surface area contributed by atoms with Gasteiger partial charge in [-0.3, -0.25) is 9.69 Å². The van der Waals surface area contributed by atoms with E-state index in [0.29, 0.717) is 23.7 Å². The van der Waals surface area contributed by atoms with Gasteiger partial charge in [0.2, 0.25) is 0 Å². The van der Waals surface area contributed by atoms with Crippen LogP contribution in [0.2, 0.25) is 0 Å². The van der Waals surface area contributed by atoms with Crippen molar-refractivity contribution in [3.8, 4) is 5.75 Å². The third-order valence-electron chi connectivity index (χ3n) is 4.59. The Hall–Kier alpha value is -3.60. The monoisotopic (exact) mass is 389 g/mol. The lowest BCUT2D eigenvalue weighted by Gasteiger charge is -2.18. The molecule has 0 atom stereocenters. The van der Waals surface area contributed by atoms with Crippen LogP contribution >= 0.6 is 0 Å². The summed E-state index contributed by atoms with van der Waals surface area (Å²) in [7, 11) is 1.31. The highest BCUT2D eigenvalue weighted by atomic mass is 16.5. The van der Waals surface area contributed by atoms with E-state index in [9.17, 15) is 9.59 Å². The van der Waals surface area contributed by atoms with Gasteiger partial charge in [0.1, 0.15) is 12.4 Å². The van der Waals surface area contributed by atoms with Crippen LogP contribution in [-0.2, 0) is 14.3 Å². The Bertz CT molecular complexity index is 1030. The molecule has 0 bridgehead atoms. The molecule has 3 rings (SSSR count). The zero-order chi connectivity index (χ0) is 21.0. The highest BCUT2D eigenvalue weighted by molar-refractivity contribution is 6.23. The molecule has 1 aliphatic rings. The van der Waals surface area contributed by atoms with Gasteiger partial charge in [-0.25, -0.2) is 4.79 Å². The Morgan fingerprint density at radius 2 is 1.90 bits per heavy atom. The summed E-state index contributed by atoms with van der Waals surface area (Å²) in [5, 5.41) is 0. The van der Waals surface area contributed by atoms with E-state index in [1.807, 2.05) is 55.5 Å². The molecule has 0 saturated heterocycles. The summed E-state index contributed by atoms with van der Waals surface area (Å²) in [5.74, 6) is -0.164. The third-order valence-corrected chi connectivity index (χ3v) is 4.59. The first-order valence-corrected chi connectivity index (χ1v) is 9.22. The molecule has 1 heterocycles. The average Bonchev–Trinajstić information content (AvgIpc) is 2.95. The van der Waals surface area contributed by atoms with Crippen LogP contribution in [0.5, 0.6) is 5.75 Å². The maximum absolute atomic E-state index is 13.3. The van der Waals surface area contributed by atoms with Gasteiger partial charge in [0, 0.05) is 11.4 Å². The fourth-order valence-electron chi connectivity index (χ4n) is 3.27. The fourth-order valence-corrected chi connectivity index (χ4v) is 3.27. The zero-order valence-corrected chi connectivity index (χ0v) is 16.8. The quantitative estimate of drug-likeness (QED) is 0.416. The van der Waals surface area contributed by atoms with Crippen molar-refractivity contribution in [3.63, 3.8) is 0 Å². The number of aryl methyl sites for hydroxylation is 1. The SMILES string of the molecule is C=CCOc1cccc(/C=C2\C(=O)N(c3cccc(C)c3)C(C)=C2C(=O)OC)c1. The van der Waals surface area contributed by atoms with E-state index >= 15 is 0 Å². The number of hydrogen-bond donors (Lipinski definition) is 0. The number of amides is 1. The molecule has 1 aliphatic heterocycles. The fraction of sp³-hybridized carbons (Fsp3) is 0.167. The second-order valence-corrected chi connectivity index (χ2v) is 6.66. The molecule has 0 fully saturated rings. The van der Waals surface area contributed by atoms with Gasteiger partial charge in [0.15, 0.2) is 0 Å². The minimum Gasteiger partial charge on any atom is -0.490 e. The van der Waals surface area contributed by atoms with Crippen LogP contribution < -0.4 is 9.64 Å². The van der Waals surface area contributed by atoms with Crippen LogP contribution in [0, 0.1) is 6.92 Å². The van der Waals surface area contributed by atoms with Crippen molar-refractivity contribution in [1.29, 1.82) is 0 Å². The molecule has 0 N–H and O–H groups in total. The minimum absolute atomic E-state index is 0.261. The van der Waals surface area contributed by atoms with Crippen LogP contribution in [0.3, 0.4) is 0 Å². The van der Waals surface area contributed by atoms with Gasteiger partial charge in [-0.1, -0.05) is 36.9 Å². The van der Waals surface area contributed by atoms with Gasteiger partial charge in [-0.15, -0.1) is 0 Å². The van der Waals surface area contributed by atoms with E-state index in [0.717, 1.165) is 11.1 Å². The number of nitrogens with zero attached hydrogens (tertiary/aromatic N) is 1. The van der Waals surface area contributed by atoms with Crippen LogP contribution in [0.15, 0.2) is 78.0 Å². The molecule has 0 unspecified atom stereocenters. The molecule has 5 nitrogen and oxygen atoms in total. The smallest absolute Gasteiger partial charge is 0.340 e. The van der Waals surface area contributed by atoms with Crippen molar-refractivity contribution in [3.05, 3.63) is 89.2 Å². The highest BCUT2D eigenvalue weighted by Crippen LogP contribution is 2.35. The molecule has 5 heteroatoms. The van der Waals surface area contributed by atoms with Gasteiger partial charge in [0.25, 0.3) is 5.91 Å². The average molecular weight is 389 g/mol. The molecule has 1 amide bonds. The first-order chi connectivity index (χ1) is 14.0. The number of esters is 1. The Morgan fingerprint density at radius 3 is 2.59 bits per heavy atom. The second-order valence-electron chi connectivity index (χ2n) is 6.66. The molecule has 29 heavy (non-hydrogen) atoms. The van der Waals surface area contributed by atoms with Crippen LogP contribution in [0.4, 0.5) is 5.69 Å². The summed E-state index contributed by atoms with van der Waals surface area (Å²) in [6.07, 6.45) is 3.35. The molecule has 2 aromatic carbocycles. The first kappa shape index (κ1) is 20.1. The Balaban J connectivity index is 2.08. The van der Waals surface area contributed by atoms with Crippen molar-refractivity contribution in [2.24, 2.45) is 0 Å². The highest BCUT2D eigenvalue weighted by Gasteiger charge is 2.37. The summed E-state index contributed by atoms with van der Waals surface area (Å²) in [6, 6.07) is 14.9. The summed E-state index contributed by atoms with van der Waals surface area (Å²) >= 11 is 0. The van der Waals surface area contributed by atoms with Gasteiger partial charge in [-0.2, -0.15) is 0 Å². The number of carbonyl (C=O) groups excluding carboxylic acids is 2. The first-order valence-electron chi connectivity index (χ1n) is 9.22. The van der Waals surface area contributed by atoms with Crippen molar-refractivity contribution in [2.75, 3.05) is 18.6 Å². The van der Waals surface area contributed by atoms with Crippen molar-refractivity contribution >= 4 is 23.6 Å². The number of allylic oxidation sites excluding steroid dienone is 1. The lowest BCUT2D eigenvalue weighted by atomic mass is 10.0. The van der Waals surface area contributed by atoms with Crippen molar-refractivity contribution < 1.29 is 19.1 Å². The molecule has 2 aromatic rings. The Kier molecular flexibility index (Phi) is 5.98. The molecular weight excluding hydrogens is 366 g/mol. The van der Waals surface area contributed by atoms with E-state index in [1.165, 1.54) is 7.11 Å². The molecule has 0 saturated carbocycles. The molecule has 0 aromatic heterocycles. The van der Waals surface area contributed by atoms with E-state index in [1.54, 1.807) is 24.0 Å². The second kappa shape index (κ2) is 8.61. The van der Waals surface area contributed by atoms with Crippen molar-refractivity contribution in [1.82, 2.24) is 0 Å². The van der Waals surface area contributed by atoms with E-state index in [2.05, 4.69) is 6.58 Å². The van der Waals surface area contributed by atoms with Gasteiger partial charge < -0.3 is 9.47 Å². The molecule has 148 valence electrons. The predicted octanol–water partition coefficient (Wildman–Crippen LogP) is 4.44. The lowest BCUT2D eigenvalue weighted by molar-refractivity contribution is -0.136. The van der Waals surface area contributed by atoms with E-state index in [-0.39, 0.29) is 17.1 Å². The lowest BCUT2D eigenvalue weighted by Crippen LogP contribution is -2.24. The number of anilines is 1. The summed E-state index contributed by atoms with van der Waals surface area (Å²) in [5.41, 5.74) is 3.56. The summed E-state index contributed by atoms with van der Waals surface area (Å²) < 4.78 is 10.5.